The third-order valence-electron chi connectivity index (χ3n) is 2.37. The molecular weight excluding hydrogens is 350 g/mol. The molecule has 2 rings (SSSR count). The summed E-state index contributed by atoms with van der Waals surface area (Å²) in [5.74, 6) is -0.510. The summed E-state index contributed by atoms with van der Waals surface area (Å²) >= 11 is 9.02. The Morgan fingerprint density at radius 1 is 1.40 bits per heavy atom. The van der Waals surface area contributed by atoms with Gasteiger partial charge in [0.1, 0.15) is 0 Å². The molecule has 1 N–H and O–H groups in total. The zero-order valence-corrected chi connectivity index (χ0v) is 12.2. The number of nitro groups is 1. The Hall–Kier alpha value is -1.99. The maximum absolute atomic E-state index is 12.1. The lowest BCUT2D eigenvalue weighted by molar-refractivity contribution is -0.384. The lowest BCUT2D eigenvalue weighted by Crippen LogP contribution is -2.12. The van der Waals surface area contributed by atoms with Crippen LogP contribution >= 0.6 is 27.5 Å². The highest BCUT2D eigenvalue weighted by molar-refractivity contribution is 9.10. The minimum absolute atomic E-state index is 0.144. The molecule has 20 heavy (non-hydrogen) atoms. The molecule has 0 saturated heterocycles. The number of anilines is 1. The van der Waals surface area contributed by atoms with Gasteiger partial charge in [-0.15, -0.1) is 0 Å². The number of halogens is 2. The summed E-state index contributed by atoms with van der Waals surface area (Å²) in [4.78, 5) is 26.1. The van der Waals surface area contributed by atoms with Crippen LogP contribution in [0, 0.1) is 10.1 Å². The quantitative estimate of drug-likeness (QED) is 0.672. The molecule has 1 aromatic carbocycles. The number of non-ortho nitro benzene ring substituents is 1. The van der Waals surface area contributed by atoms with Crippen LogP contribution in [0.15, 0.2) is 41.1 Å². The van der Waals surface area contributed by atoms with Gasteiger partial charge in [-0.1, -0.05) is 27.5 Å². The van der Waals surface area contributed by atoms with E-state index in [2.05, 4.69) is 26.2 Å². The Morgan fingerprint density at radius 3 is 2.80 bits per heavy atom. The van der Waals surface area contributed by atoms with Crippen molar-refractivity contribution in [2.24, 2.45) is 0 Å². The molecule has 2 aromatic rings. The maximum Gasteiger partial charge on any atom is 0.271 e. The molecule has 1 heterocycles. The molecular formula is C12H7BrClN3O3. The molecule has 1 amide bonds. The first kappa shape index (κ1) is 14.4. The van der Waals surface area contributed by atoms with Gasteiger partial charge in [0.05, 0.1) is 21.8 Å². The van der Waals surface area contributed by atoms with Crippen molar-refractivity contribution in [2.45, 2.75) is 0 Å². The number of amides is 1. The minimum atomic E-state index is -0.571. The van der Waals surface area contributed by atoms with Crippen molar-refractivity contribution in [2.75, 3.05) is 5.32 Å². The molecule has 6 nitrogen and oxygen atoms in total. The monoisotopic (exact) mass is 355 g/mol. The van der Waals surface area contributed by atoms with Crippen LogP contribution in [0.25, 0.3) is 0 Å². The molecule has 0 radical (unpaired) electrons. The SMILES string of the molecule is O=C(Nc1cnccc1Cl)c1cc(Br)cc([N+](=O)[O-])c1. The van der Waals surface area contributed by atoms with Gasteiger partial charge >= 0.3 is 0 Å². The number of hydrogen-bond acceptors (Lipinski definition) is 4. The van der Waals surface area contributed by atoms with E-state index in [1.54, 1.807) is 0 Å². The topological polar surface area (TPSA) is 85.1 Å². The summed E-state index contributed by atoms with van der Waals surface area (Å²) in [6, 6.07) is 5.51. The van der Waals surface area contributed by atoms with Gasteiger partial charge in [-0.2, -0.15) is 0 Å². The van der Waals surface area contributed by atoms with E-state index in [-0.39, 0.29) is 11.3 Å². The summed E-state index contributed by atoms with van der Waals surface area (Å²) in [6.45, 7) is 0. The van der Waals surface area contributed by atoms with Crippen molar-refractivity contribution in [3.05, 3.63) is 61.8 Å². The van der Waals surface area contributed by atoms with Crippen LogP contribution < -0.4 is 5.32 Å². The van der Waals surface area contributed by atoms with E-state index < -0.39 is 10.8 Å². The summed E-state index contributed by atoms with van der Waals surface area (Å²) in [5.41, 5.74) is 0.301. The van der Waals surface area contributed by atoms with Gasteiger partial charge in [0.2, 0.25) is 0 Å². The Balaban J connectivity index is 2.30. The average molecular weight is 357 g/mol. The molecule has 102 valence electrons. The Kier molecular flexibility index (Phi) is 4.31. The Labute approximate surface area is 127 Å². The number of aromatic nitrogens is 1. The zero-order chi connectivity index (χ0) is 14.7. The summed E-state index contributed by atoms with van der Waals surface area (Å²) in [6.07, 6.45) is 2.88. The average Bonchev–Trinajstić information content (AvgIpc) is 2.40. The first-order valence-corrected chi connectivity index (χ1v) is 6.50. The number of rotatable bonds is 3. The molecule has 0 spiro atoms. The van der Waals surface area contributed by atoms with Crippen molar-refractivity contribution in [1.29, 1.82) is 0 Å². The van der Waals surface area contributed by atoms with E-state index in [4.69, 9.17) is 11.6 Å². The number of benzene rings is 1. The highest BCUT2D eigenvalue weighted by Gasteiger charge is 2.14. The highest BCUT2D eigenvalue weighted by atomic mass is 79.9. The Bertz CT molecular complexity index is 693. The van der Waals surface area contributed by atoms with Gasteiger partial charge in [0, 0.05) is 28.4 Å². The molecule has 0 saturated carbocycles. The fourth-order valence-corrected chi connectivity index (χ4v) is 2.11. The third kappa shape index (κ3) is 3.31. The lowest BCUT2D eigenvalue weighted by Gasteiger charge is -2.06. The molecule has 0 atom stereocenters. The fraction of sp³-hybridized carbons (Fsp3) is 0. The Morgan fingerprint density at radius 2 is 2.15 bits per heavy atom. The van der Waals surface area contributed by atoms with Crippen molar-refractivity contribution < 1.29 is 9.72 Å². The smallest absolute Gasteiger partial charge is 0.271 e. The third-order valence-corrected chi connectivity index (χ3v) is 3.16. The molecule has 0 fully saturated rings. The normalized spacial score (nSPS) is 10.1. The van der Waals surface area contributed by atoms with Gasteiger partial charge in [-0.25, -0.2) is 0 Å². The molecule has 1 aromatic heterocycles. The van der Waals surface area contributed by atoms with Crippen LogP contribution in [0.5, 0.6) is 0 Å². The molecule has 0 unspecified atom stereocenters. The molecule has 0 aliphatic heterocycles. The zero-order valence-electron chi connectivity index (χ0n) is 9.84. The van der Waals surface area contributed by atoms with Gasteiger partial charge in [-0.05, 0) is 12.1 Å². The van der Waals surface area contributed by atoms with Gasteiger partial charge in [-0.3, -0.25) is 19.9 Å². The lowest BCUT2D eigenvalue weighted by atomic mass is 10.2. The van der Waals surface area contributed by atoms with Gasteiger partial charge < -0.3 is 5.32 Å². The van der Waals surface area contributed by atoms with Gasteiger partial charge in [0.25, 0.3) is 11.6 Å². The molecule has 0 bridgehead atoms. The van der Waals surface area contributed by atoms with E-state index >= 15 is 0 Å². The number of carbonyl (C=O) groups is 1. The van der Waals surface area contributed by atoms with Gasteiger partial charge in [0.15, 0.2) is 0 Å². The first-order valence-electron chi connectivity index (χ1n) is 5.33. The number of nitro benzene ring substituents is 1. The number of carbonyl (C=O) groups excluding carboxylic acids is 1. The van der Waals surface area contributed by atoms with Crippen molar-refractivity contribution >= 4 is 44.8 Å². The summed E-state index contributed by atoms with van der Waals surface area (Å²) in [5, 5.41) is 13.6. The predicted molar refractivity (Wildman–Crippen MR) is 78.0 cm³/mol. The van der Waals surface area contributed by atoms with E-state index in [1.165, 1.54) is 36.7 Å². The number of nitrogens with one attached hydrogen (secondary N) is 1. The van der Waals surface area contributed by atoms with E-state index in [9.17, 15) is 14.9 Å². The van der Waals surface area contributed by atoms with Crippen molar-refractivity contribution in [1.82, 2.24) is 4.98 Å². The van der Waals surface area contributed by atoms with E-state index in [0.29, 0.717) is 15.2 Å². The second-order valence-electron chi connectivity index (χ2n) is 3.76. The van der Waals surface area contributed by atoms with Crippen LogP contribution in [0.4, 0.5) is 11.4 Å². The number of hydrogen-bond donors (Lipinski definition) is 1. The first-order chi connectivity index (χ1) is 9.47. The van der Waals surface area contributed by atoms with Crippen LogP contribution in [0.2, 0.25) is 5.02 Å². The predicted octanol–water partition coefficient (Wildman–Crippen LogP) is 3.66. The van der Waals surface area contributed by atoms with E-state index in [0.717, 1.165) is 0 Å². The van der Waals surface area contributed by atoms with E-state index in [1.807, 2.05) is 0 Å². The minimum Gasteiger partial charge on any atom is -0.319 e. The number of pyridine rings is 1. The highest BCUT2D eigenvalue weighted by Crippen LogP contribution is 2.24. The standard InChI is InChI=1S/C12H7BrClN3O3/c13-8-3-7(4-9(5-8)17(19)20)12(18)16-11-6-15-2-1-10(11)14/h1-6H,(H,16,18). The number of nitrogens with zero attached hydrogens (tertiary/aromatic N) is 2. The van der Waals surface area contributed by atoms with Crippen LogP contribution in [-0.4, -0.2) is 15.8 Å². The second kappa shape index (κ2) is 5.98. The van der Waals surface area contributed by atoms with Crippen molar-refractivity contribution in [3.63, 3.8) is 0 Å². The van der Waals surface area contributed by atoms with Crippen LogP contribution in [0.3, 0.4) is 0 Å². The second-order valence-corrected chi connectivity index (χ2v) is 5.09. The van der Waals surface area contributed by atoms with Crippen LogP contribution in [-0.2, 0) is 0 Å². The molecule has 0 aliphatic carbocycles. The molecule has 0 aliphatic rings. The van der Waals surface area contributed by atoms with Crippen molar-refractivity contribution in [3.8, 4) is 0 Å². The summed E-state index contributed by atoms with van der Waals surface area (Å²) < 4.78 is 0.439. The maximum atomic E-state index is 12.1. The van der Waals surface area contributed by atoms with Crippen LogP contribution in [0.1, 0.15) is 10.4 Å². The fourth-order valence-electron chi connectivity index (χ4n) is 1.47. The largest absolute Gasteiger partial charge is 0.319 e. The molecule has 8 heteroatoms. The summed E-state index contributed by atoms with van der Waals surface area (Å²) in [7, 11) is 0.